The van der Waals surface area contributed by atoms with Gasteiger partial charge in [-0.3, -0.25) is 24.5 Å². The summed E-state index contributed by atoms with van der Waals surface area (Å²) in [7, 11) is 1.94. The molecule has 2 aromatic rings. The van der Waals surface area contributed by atoms with Crippen LogP contribution in [-0.2, 0) is 9.53 Å². The fourth-order valence-corrected chi connectivity index (χ4v) is 4.59. The van der Waals surface area contributed by atoms with Crippen molar-refractivity contribution in [3.63, 3.8) is 0 Å². The van der Waals surface area contributed by atoms with Gasteiger partial charge in [0.25, 0.3) is 0 Å². The first-order chi connectivity index (χ1) is 15.5. The summed E-state index contributed by atoms with van der Waals surface area (Å²) >= 11 is 0. The van der Waals surface area contributed by atoms with Crippen molar-refractivity contribution in [1.82, 2.24) is 19.8 Å². The summed E-state index contributed by atoms with van der Waals surface area (Å²) in [6.07, 6.45) is 8.91. The van der Waals surface area contributed by atoms with Crippen LogP contribution >= 0.6 is 0 Å². The van der Waals surface area contributed by atoms with Gasteiger partial charge in [0.2, 0.25) is 11.8 Å². The molecule has 1 saturated carbocycles. The van der Waals surface area contributed by atoms with Crippen molar-refractivity contribution in [3.05, 3.63) is 47.9 Å². The zero-order valence-electron chi connectivity index (χ0n) is 18.6. The highest BCUT2D eigenvalue weighted by atomic mass is 16.5. The maximum Gasteiger partial charge on any atom is 0.248 e. The predicted molar refractivity (Wildman–Crippen MR) is 121 cm³/mol. The summed E-state index contributed by atoms with van der Waals surface area (Å²) in [6, 6.07) is 7.37. The minimum atomic E-state index is -0.468. The molecule has 1 aromatic heterocycles. The third kappa shape index (κ3) is 5.14. The SMILES string of the molecule is CN(C(=O)CN1CCO[C@H](c2nccnc2-c2ccc(C(N)=O)cc2)C1)C1CCCCC1. The highest BCUT2D eigenvalue weighted by Crippen LogP contribution is 2.29. The average molecular weight is 438 g/mol. The highest BCUT2D eigenvalue weighted by molar-refractivity contribution is 5.93. The fraction of sp³-hybridized carbons (Fsp3) is 0.500. The van der Waals surface area contributed by atoms with E-state index in [0.29, 0.717) is 43.5 Å². The van der Waals surface area contributed by atoms with Gasteiger partial charge in [0.1, 0.15) is 6.10 Å². The van der Waals surface area contributed by atoms with Crippen LogP contribution in [0.2, 0.25) is 0 Å². The fourth-order valence-electron chi connectivity index (χ4n) is 4.59. The Morgan fingerprint density at radius 2 is 1.84 bits per heavy atom. The number of benzene rings is 1. The molecule has 2 heterocycles. The molecule has 2 fully saturated rings. The van der Waals surface area contributed by atoms with Crippen LogP contribution in [0.15, 0.2) is 36.7 Å². The summed E-state index contributed by atoms with van der Waals surface area (Å²) in [5, 5.41) is 0. The number of ether oxygens (including phenoxy) is 1. The Bertz CT molecular complexity index is 943. The number of amides is 2. The van der Waals surface area contributed by atoms with E-state index in [1.165, 1.54) is 19.3 Å². The summed E-state index contributed by atoms with van der Waals surface area (Å²) < 4.78 is 6.03. The molecule has 2 amide bonds. The van der Waals surface area contributed by atoms with E-state index in [4.69, 9.17) is 10.5 Å². The number of aromatic nitrogens is 2. The molecule has 4 rings (SSSR count). The van der Waals surface area contributed by atoms with Crippen LogP contribution < -0.4 is 5.73 Å². The lowest BCUT2D eigenvalue weighted by atomic mass is 9.94. The number of likely N-dealkylation sites (N-methyl/N-ethyl adjacent to an activating group) is 1. The van der Waals surface area contributed by atoms with Gasteiger partial charge in [-0.25, -0.2) is 0 Å². The summed E-state index contributed by atoms with van der Waals surface area (Å²) in [5.74, 6) is -0.302. The minimum absolute atomic E-state index is 0.166. The summed E-state index contributed by atoms with van der Waals surface area (Å²) in [4.78, 5) is 37.4. The van der Waals surface area contributed by atoms with E-state index in [9.17, 15) is 9.59 Å². The second-order valence-electron chi connectivity index (χ2n) is 8.62. The van der Waals surface area contributed by atoms with Gasteiger partial charge < -0.3 is 15.4 Å². The van der Waals surface area contributed by atoms with Crippen LogP contribution in [0.3, 0.4) is 0 Å². The lowest BCUT2D eigenvalue weighted by molar-refractivity contribution is -0.135. The molecule has 2 aliphatic rings. The van der Waals surface area contributed by atoms with Crippen molar-refractivity contribution in [1.29, 1.82) is 0 Å². The first-order valence-electron chi connectivity index (χ1n) is 11.3. The molecule has 32 heavy (non-hydrogen) atoms. The van der Waals surface area contributed by atoms with Crippen LogP contribution in [0.25, 0.3) is 11.3 Å². The predicted octanol–water partition coefficient (Wildman–Crippen LogP) is 2.41. The van der Waals surface area contributed by atoms with E-state index in [-0.39, 0.29) is 12.0 Å². The Labute approximate surface area is 188 Å². The van der Waals surface area contributed by atoms with E-state index < -0.39 is 5.91 Å². The van der Waals surface area contributed by atoms with Crippen LogP contribution in [0, 0.1) is 0 Å². The van der Waals surface area contributed by atoms with Gasteiger partial charge in [-0.05, 0) is 25.0 Å². The Hall–Kier alpha value is -2.84. The van der Waals surface area contributed by atoms with Crippen molar-refractivity contribution in [2.75, 3.05) is 33.3 Å². The molecule has 8 nitrogen and oxygen atoms in total. The third-order valence-electron chi connectivity index (χ3n) is 6.50. The van der Waals surface area contributed by atoms with E-state index >= 15 is 0 Å². The molecule has 1 aliphatic carbocycles. The lowest BCUT2D eigenvalue weighted by Crippen LogP contribution is -2.47. The summed E-state index contributed by atoms with van der Waals surface area (Å²) in [6.45, 7) is 2.20. The third-order valence-corrected chi connectivity index (χ3v) is 6.50. The maximum atomic E-state index is 12.9. The van der Waals surface area contributed by atoms with E-state index in [1.807, 2.05) is 24.1 Å². The number of nitrogens with two attached hydrogens (primary N) is 1. The molecular weight excluding hydrogens is 406 g/mol. The van der Waals surface area contributed by atoms with Crippen LogP contribution in [0.5, 0.6) is 0 Å². The highest BCUT2D eigenvalue weighted by Gasteiger charge is 2.29. The molecular formula is C24H31N5O3. The monoisotopic (exact) mass is 437 g/mol. The minimum Gasteiger partial charge on any atom is -0.369 e. The first kappa shape index (κ1) is 22.4. The van der Waals surface area contributed by atoms with Crippen molar-refractivity contribution in [2.45, 2.75) is 44.2 Å². The molecule has 2 N–H and O–H groups in total. The second-order valence-corrected chi connectivity index (χ2v) is 8.62. The number of nitrogens with zero attached hydrogens (tertiary/aromatic N) is 4. The molecule has 170 valence electrons. The lowest BCUT2D eigenvalue weighted by Gasteiger charge is -2.36. The number of rotatable bonds is 6. The van der Waals surface area contributed by atoms with Crippen LogP contribution in [0.4, 0.5) is 0 Å². The van der Waals surface area contributed by atoms with Gasteiger partial charge in [-0.1, -0.05) is 31.4 Å². The molecule has 1 aliphatic heterocycles. The normalized spacial score (nSPS) is 20.1. The maximum absolute atomic E-state index is 12.9. The van der Waals surface area contributed by atoms with Gasteiger partial charge in [-0.15, -0.1) is 0 Å². The second kappa shape index (κ2) is 10.2. The van der Waals surface area contributed by atoms with Gasteiger partial charge >= 0.3 is 0 Å². The van der Waals surface area contributed by atoms with Gasteiger partial charge in [0.05, 0.1) is 24.5 Å². The number of morpholine rings is 1. The summed E-state index contributed by atoms with van der Waals surface area (Å²) in [5.41, 5.74) is 8.08. The van der Waals surface area contributed by atoms with Gasteiger partial charge in [0.15, 0.2) is 0 Å². The molecule has 1 saturated heterocycles. The standard InChI is InChI=1S/C24H31N5O3/c1-28(19-5-3-2-4-6-19)21(30)16-29-13-14-32-20(15-29)23-22(26-11-12-27-23)17-7-9-18(10-8-17)24(25)31/h7-12,19-20H,2-6,13-16H2,1H3,(H2,25,31)/t20-/m0/s1. The van der Waals surface area contributed by atoms with Crippen LogP contribution in [-0.4, -0.2) is 70.9 Å². The Morgan fingerprint density at radius 1 is 1.12 bits per heavy atom. The molecule has 1 atom stereocenters. The van der Waals surface area contributed by atoms with E-state index in [1.54, 1.807) is 24.5 Å². The molecule has 0 bridgehead atoms. The molecule has 0 spiro atoms. The smallest absolute Gasteiger partial charge is 0.248 e. The van der Waals surface area contributed by atoms with Gasteiger partial charge in [0, 0.05) is 49.7 Å². The average Bonchev–Trinajstić information content (AvgIpc) is 2.84. The van der Waals surface area contributed by atoms with Crippen molar-refractivity contribution >= 4 is 11.8 Å². The number of hydrogen-bond donors (Lipinski definition) is 1. The number of carbonyl (C=O) groups is 2. The zero-order chi connectivity index (χ0) is 22.5. The van der Waals surface area contributed by atoms with Crippen molar-refractivity contribution < 1.29 is 14.3 Å². The van der Waals surface area contributed by atoms with E-state index in [0.717, 1.165) is 24.1 Å². The zero-order valence-corrected chi connectivity index (χ0v) is 18.6. The molecule has 0 unspecified atom stereocenters. The van der Waals surface area contributed by atoms with Crippen molar-refractivity contribution in [3.8, 4) is 11.3 Å². The van der Waals surface area contributed by atoms with Crippen LogP contribution in [0.1, 0.15) is 54.3 Å². The Morgan fingerprint density at radius 3 is 2.56 bits per heavy atom. The van der Waals surface area contributed by atoms with Crippen molar-refractivity contribution in [2.24, 2.45) is 5.73 Å². The largest absolute Gasteiger partial charge is 0.369 e. The number of carbonyl (C=O) groups excluding carboxylic acids is 2. The Balaban J connectivity index is 1.45. The Kier molecular flexibility index (Phi) is 7.12. The van der Waals surface area contributed by atoms with E-state index in [2.05, 4.69) is 14.9 Å². The number of primary amides is 1. The molecule has 1 aromatic carbocycles. The number of hydrogen-bond acceptors (Lipinski definition) is 6. The first-order valence-corrected chi connectivity index (χ1v) is 11.3. The quantitative estimate of drug-likeness (QED) is 0.745. The van der Waals surface area contributed by atoms with Gasteiger partial charge in [-0.2, -0.15) is 0 Å². The molecule has 8 heteroatoms. The topological polar surface area (TPSA) is 102 Å². The molecule has 0 radical (unpaired) electrons.